The highest BCUT2D eigenvalue weighted by Gasteiger charge is 2.28. The predicted molar refractivity (Wildman–Crippen MR) is 82.9 cm³/mol. The van der Waals surface area contributed by atoms with E-state index in [-0.39, 0.29) is 0 Å². The molecule has 0 aliphatic carbocycles. The summed E-state index contributed by atoms with van der Waals surface area (Å²) in [6.45, 7) is 5.68. The Morgan fingerprint density at radius 3 is 2.50 bits per heavy atom. The Morgan fingerprint density at radius 2 is 1.95 bits per heavy atom. The van der Waals surface area contributed by atoms with Crippen LogP contribution in [0, 0.1) is 6.92 Å². The minimum Gasteiger partial charge on any atom is -0.480 e. The summed E-state index contributed by atoms with van der Waals surface area (Å²) in [6, 6.07) is 6.30. The topological polar surface area (TPSA) is 91.6 Å². The van der Waals surface area contributed by atoms with Crippen molar-refractivity contribution in [2.45, 2.75) is 39.5 Å². The number of aliphatic hydroxyl groups excluding tert-OH is 1. The average molecular weight is 304 g/mol. The van der Waals surface area contributed by atoms with Gasteiger partial charge in [-0.2, -0.15) is 0 Å². The monoisotopic (exact) mass is 304 g/mol. The largest absolute Gasteiger partial charge is 0.480 e. The Labute approximate surface area is 128 Å². The molecular weight excluding hydrogens is 284 g/mol. The SMILES string of the molecule is CCn1c(C(=O)NC(C(=O)O)C(C)O)c(C)c2ccccc21. The Hall–Kier alpha value is -2.34. The zero-order valence-electron chi connectivity index (χ0n) is 12.8. The first-order chi connectivity index (χ1) is 10.4. The molecule has 6 nitrogen and oxygen atoms in total. The van der Waals surface area contributed by atoms with Crippen LogP contribution in [0.4, 0.5) is 0 Å². The molecule has 0 spiro atoms. The molecule has 0 saturated heterocycles. The fourth-order valence-corrected chi connectivity index (χ4v) is 2.70. The number of nitrogens with zero attached hydrogens (tertiary/aromatic N) is 1. The van der Waals surface area contributed by atoms with Crippen LogP contribution in [-0.4, -0.2) is 38.8 Å². The summed E-state index contributed by atoms with van der Waals surface area (Å²) in [7, 11) is 0. The first-order valence-corrected chi connectivity index (χ1v) is 7.18. The van der Waals surface area contributed by atoms with Gasteiger partial charge in [-0.15, -0.1) is 0 Å². The molecular formula is C16H20N2O4. The van der Waals surface area contributed by atoms with Crippen molar-refractivity contribution in [3.05, 3.63) is 35.5 Å². The van der Waals surface area contributed by atoms with Crippen molar-refractivity contribution in [2.24, 2.45) is 0 Å². The number of rotatable bonds is 5. The first-order valence-electron chi connectivity index (χ1n) is 7.18. The van der Waals surface area contributed by atoms with Crippen LogP contribution in [0.2, 0.25) is 0 Å². The van der Waals surface area contributed by atoms with Crippen LogP contribution < -0.4 is 5.32 Å². The lowest BCUT2D eigenvalue weighted by molar-refractivity contribution is -0.141. The summed E-state index contributed by atoms with van der Waals surface area (Å²) in [5, 5.41) is 22.0. The van der Waals surface area contributed by atoms with E-state index in [9.17, 15) is 14.7 Å². The highest BCUT2D eigenvalue weighted by atomic mass is 16.4. The molecule has 0 radical (unpaired) electrons. The van der Waals surface area contributed by atoms with Gasteiger partial charge >= 0.3 is 5.97 Å². The van der Waals surface area contributed by atoms with Gasteiger partial charge in [0, 0.05) is 17.4 Å². The maximum atomic E-state index is 12.5. The van der Waals surface area contributed by atoms with Gasteiger partial charge in [-0.25, -0.2) is 4.79 Å². The lowest BCUT2D eigenvalue weighted by atomic mass is 10.1. The van der Waals surface area contributed by atoms with Crippen molar-refractivity contribution < 1.29 is 19.8 Å². The molecule has 0 aliphatic heterocycles. The average Bonchev–Trinajstić information content (AvgIpc) is 2.76. The number of carbonyl (C=O) groups is 2. The number of aryl methyl sites for hydroxylation is 2. The number of fused-ring (bicyclic) bond motifs is 1. The van der Waals surface area contributed by atoms with Gasteiger partial charge in [0.1, 0.15) is 5.69 Å². The van der Waals surface area contributed by atoms with Crippen LogP contribution in [-0.2, 0) is 11.3 Å². The molecule has 1 heterocycles. The molecule has 118 valence electrons. The number of aliphatic carboxylic acids is 1. The number of carboxylic acid groups (broad SMARTS) is 1. The van der Waals surface area contributed by atoms with Gasteiger partial charge in [-0.05, 0) is 32.4 Å². The van der Waals surface area contributed by atoms with Crippen LogP contribution >= 0.6 is 0 Å². The normalized spacial score (nSPS) is 13.8. The molecule has 2 rings (SSSR count). The summed E-state index contributed by atoms with van der Waals surface area (Å²) < 4.78 is 1.85. The summed E-state index contributed by atoms with van der Waals surface area (Å²) in [6.07, 6.45) is -1.18. The maximum Gasteiger partial charge on any atom is 0.328 e. The number of hydrogen-bond acceptors (Lipinski definition) is 3. The molecule has 0 aliphatic rings. The second-order valence-corrected chi connectivity index (χ2v) is 5.26. The molecule has 2 atom stereocenters. The molecule has 2 unspecified atom stereocenters. The summed E-state index contributed by atoms with van der Waals surface area (Å²) >= 11 is 0. The fraction of sp³-hybridized carbons (Fsp3) is 0.375. The quantitative estimate of drug-likeness (QED) is 0.781. The number of para-hydroxylation sites is 1. The molecule has 1 aromatic heterocycles. The standard InChI is InChI=1S/C16H20N2O4/c1-4-18-12-8-6-5-7-11(12)9(2)14(18)15(20)17-13(10(3)19)16(21)22/h5-8,10,13,19H,4H2,1-3H3,(H,17,20)(H,21,22). The number of aliphatic hydroxyl groups is 1. The number of hydrogen-bond donors (Lipinski definition) is 3. The van der Waals surface area contributed by atoms with Crippen molar-refractivity contribution in [1.29, 1.82) is 0 Å². The zero-order valence-corrected chi connectivity index (χ0v) is 12.8. The van der Waals surface area contributed by atoms with E-state index in [1.165, 1.54) is 6.92 Å². The number of nitrogens with one attached hydrogen (secondary N) is 1. The maximum absolute atomic E-state index is 12.5. The number of benzene rings is 1. The molecule has 0 bridgehead atoms. The molecule has 22 heavy (non-hydrogen) atoms. The molecule has 1 aromatic carbocycles. The summed E-state index contributed by atoms with van der Waals surface area (Å²) in [4.78, 5) is 23.7. The van der Waals surface area contributed by atoms with Gasteiger partial charge in [-0.1, -0.05) is 18.2 Å². The van der Waals surface area contributed by atoms with Crippen LogP contribution in [0.25, 0.3) is 10.9 Å². The number of carboxylic acids is 1. The number of carbonyl (C=O) groups excluding carboxylic acids is 1. The van der Waals surface area contributed by atoms with Crippen LogP contribution in [0.3, 0.4) is 0 Å². The van der Waals surface area contributed by atoms with Gasteiger partial charge < -0.3 is 20.1 Å². The number of aromatic nitrogens is 1. The highest BCUT2D eigenvalue weighted by molar-refractivity contribution is 6.02. The summed E-state index contributed by atoms with van der Waals surface area (Å²) in [5.74, 6) is -1.76. The third kappa shape index (κ3) is 2.69. The lowest BCUT2D eigenvalue weighted by Crippen LogP contribution is -2.48. The van der Waals surface area contributed by atoms with Crippen molar-refractivity contribution in [3.8, 4) is 0 Å². The van der Waals surface area contributed by atoms with Gasteiger partial charge in [0.05, 0.1) is 6.10 Å². The second-order valence-electron chi connectivity index (χ2n) is 5.26. The van der Waals surface area contributed by atoms with Gasteiger partial charge in [0.2, 0.25) is 0 Å². The summed E-state index contributed by atoms with van der Waals surface area (Å²) in [5.41, 5.74) is 2.15. The predicted octanol–water partition coefficient (Wildman–Crippen LogP) is 1.53. The van der Waals surface area contributed by atoms with E-state index in [1.54, 1.807) is 0 Å². The molecule has 0 saturated carbocycles. The van der Waals surface area contributed by atoms with Crippen LogP contribution in [0.1, 0.15) is 29.9 Å². The van der Waals surface area contributed by atoms with Gasteiger partial charge in [-0.3, -0.25) is 4.79 Å². The van der Waals surface area contributed by atoms with Crippen LogP contribution in [0.5, 0.6) is 0 Å². The molecule has 2 aromatic rings. The van der Waals surface area contributed by atoms with Crippen molar-refractivity contribution in [3.63, 3.8) is 0 Å². The third-order valence-corrected chi connectivity index (χ3v) is 3.79. The Kier molecular flexibility index (Phi) is 4.51. The van der Waals surface area contributed by atoms with E-state index in [2.05, 4.69) is 5.32 Å². The van der Waals surface area contributed by atoms with E-state index in [4.69, 9.17) is 5.11 Å². The minimum absolute atomic E-state index is 0.426. The third-order valence-electron chi connectivity index (χ3n) is 3.79. The van der Waals surface area contributed by atoms with E-state index >= 15 is 0 Å². The van der Waals surface area contributed by atoms with Gasteiger partial charge in [0.15, 0.2) is 6.04 Å². The Balaban J connectivity index is 2.48. The molecule has 0 fully saturated rings. The highest BCUT2D eigenvalue weighted by Crippen LogP contribution is 2.25. The Morgan fingerprint density at radius 1 is 1.32 bits per heavy atom. The second kappa shape index (κ2) is 6.19. The first kappa shape index (κ1) is 16.0. The molecule has 6 heteroatoms. The zero-order chi connectivity index (χ0) is 16.4. The van der Waals surface area contributed by atoms with E-state index in [1.807, 2.05) is 42.7 Å². The molecule has 3 N–H and O–H groups in total. The van der Waals surface area contributed by atoms with E-state index in [0.29, 0.717) is 12.2 Å². The van der Waals surface area contributed by atoms with Gasteiger partial charge in [0.25, 0.3) is 5.91 Å². The molecule has 1 amide bonds. The van der Waals surface area contributed by atoms with Crippen molar-refractivity contribution in [1.82, 2.24) is 9.88 Å². The van der Waals surface area contributed by atoms with E-state index < -0.39 is 24.0 Å². The number of amides is 1. The fourth-order valence-electron chi connectivity index (χ4n) is 2.70. The lowest BCUT2D eigenvalue weighted by Gasteiger charge is -2.18. The smallest absolute Gasteiger partial charge is 0.328 e. The van der Waals surface area contributed by atoms with Crippen molar-refractivity contribution in [2.75, 3.05) is 0 Å². The minimum atomic E-state index is -1.34. The van der Waals surface area contributed by atoms with Crippen LogP contribution in [0.15, 0.2) is 24.3 Å². The van der Waals surface area contributed by atoms with Crippen molar-refractivity contribution >= 4 is 22.8 Å². The Bertz CT molecular complexity index is 718. The van der Waals surface area contributed by atoms with E-state index in [0.717, 1.165) is 16.5 Å².